The van der Waals surface area contributed by atoms with Crippen LogP contribution in [0, 0.1) is 0 Å². The van der Waals surface area contributed by atoms with E-state index in [0.717, 1.165) is 40.5 Å². The molecule has 0 unspecified atom stereocenters. The number of likely N-dealkylation sites (N-methyl/N-ethyl adjacent to an activating group) is 1. The largest absolute Gasteiger partial charge is 0.462 e. The molecule has 0 bridgehead atoms. The molecule has 0 aliphatic carbocycles. The molecule has 0 aliphatic heterocycles. The van der Waals surface area contributed by atoms with Crippen molar-refractivity contribution in [2.75, 3.05) is 39.1 Å². The number of nitrogens with zero attached hydrogens (tertiary/aromatic N) is 2. The van der Waals surface area contributed by atoms with Gasteiger partial charge in [0.25, 0.3) is 0 Å². The minimum atomic E-state index is -0.350. The lowest BCUT2D eigenvalue weighted by Gasteiger charge is -2.16. The first kappa shape index (κ1) is 17.2. The number of anilines is 1. The van der Waals surface area contributed by atoms with Crippen LogP contribution in [-0.4, -0.2) is 49.6 Å². The van der Waals surface area contributed by atoms with E-state index in [1.165, 1.54) is 0 Å². The van der Waals surface area contributed by atoms with Crippen LogP contribution in [0.4, 0.5) is 5.69 Å². The Kier molecular flexibility index (Phi) is 5.14. The molecule has 5 nitrogen and oxygen atoms in total. The van der Waals surface area contributed by atoms with Crippen molar-refractivity contribution in [2.45, 2.75) is 6.92 Å². The fourth-order valence-corrected chi connectivity index (χ4v) is 2.89. The van der Waals surface area contributed by atoms with E-state index < -0.39 is 0 Å². The van der Waals surface area contributed by atoms with Crippen LogP contribution in [0.2, 0.25) is 0 Å². The summed E-state index contributed by atoms with van der Waals surface area (Å²) in [6, 6.07) is 12.2. The lowest BCUT2D eigenvalue weighted by Crippen LogP contribution is -2.22. The molecule has 5 heteroatoms. The predicted molar refractivity (Wildman–Crippen MR) is 102 cm³/mol. The Hall–Kier alpha value is -2.66. The van der Waals surface area contributed by atoms with Gasteiger partial charge in [-0.15, -0.1) is 0 Å². The number of benzene rings is 2. The molecule has 3 aromatic rings. The van der Waals surface area contributed by atoms with Crippen molar-refractivity contribution in [1.29, 1.82) is 0 Å². The first-order valence-electron chi connectivity index (χ1n) is 8.48. The van der Waals surface area contributed by atoms with Gasteiger partial charge < -0.3 is 15.0 Å². The molecule has 0 saturated carbocycles. The van der Waals surface area contributed by atoms with Crippen LogP contribution in [0.5, 0.6) is 0 Å². The third-order valence-electron chi connectivity index (χ3n) is 4.12. The second kappa shape index (κ2) is 7.49. The number of rotatable bonds is 6. The van der Waals surface area contributed by atoms with Gasteiger partial charge in [-0.3, -0.25) is 4.98 Å². The Morgan fingerprint density at radius 3 is 2.72 bits per heavy atom. The summed E-state index contributed by atoms with van der Waals surface area (Å²) in [6.45, 7) is 3.73. The van der Waals surface area contributed by atoms with Crippen LogP contribution in [0.15, 0.2) is 42.6 Å². The molecule has 25 heavy (non-hydrogen) atoms. The number of ether oxygens (including phenoxy) is 1. The lowest BCUT2D eigenvalue weighted by atomic mass is 10.0. The van der Waals surface area contributed by atoms with Crippen molar-refractivity contribution in [3.05, 3.63) is 48.2 Å². The van der Waals surface area contributed by atoms with Crippen molar-refractivity contribution in [3.8, 4) is 0 Å². The van der Waals surface area contributed by atoms with E-state index in [4.69, 9.17) is 4.74 Å². The molecule has 1 heterocycles. The van der Waals surface area contributed by atoms with Crippen LogP contribution < -0.4 is 5.32 Å². The number of esters is 1. The summed E-state index contributed by atoms with van der Waals surface area (Å²) in [5.41, 5.74) is 2.15. The fraction of sp³-hybridized carbons (Fsp3) is 0.300. The number of hydrogen-bond donors (Lipinski definition) is 1. The molecule has 0 atom stereocenters. The van der Waals surface area contributed by atoms with Crippen molar-refractivity contribution in [3.63, 3.8) is 0 Å². The highest BCUT2D eigenvalue weighted by Crippen LogP contribution is 2.31. The standard InChI is InChI=1S/C20H23N3O2/c1-4-25-20(24)17-13-22-18-15-8-6-5-7-14(15)9-10-16(18)19(17)21-11-12-23(2)3/h5-10,13H,4,11-12H2,1-3H3,(H,21,22). The second-order valence-corrected chi connectivity index (χ2v) is 6.18. The molecule has 130 valence electrons. The van der Waals surface area contributed by atoms with Gasteiger partial charge in [-0.25, -0.2) is 4.79 Å². The summed E-state index contributed by atoms with van der Waals surface area (Å²) < 4.78 is 5.20. The molecule has 0 saturated heterocycles. The zero-order valence-electron chi connectivity index (χ0n) is 14.9. The van der Waals surface area contributed by atoms with Gasteiger partial charge in [0.05, 0.1) is 17.8 Å². The average molecular weight is 337 g/mol. The summed E-state index contributed by atoms with van der Waals surface area (Å²) in [7, 11) is 4.04. The monoisotopic (exact) mass is 337 g/mol. The Morgan fingerprint density at radius 2 is 1.96 bits per heavy atom. The van der Waals surface area contributed by atoms with Crippen molar-refractivity contribution in [2.24, 2.45) is 0 Å². The van der Waals surface area contributed by atoms with Crippen LogP contribution in [0.1, 0.15) is 17.3 Å². The molecular formula is C20H23N3O2. The van der Waals surface area contributed by atoms with Gasteiger partial charge in [-0.1, -0.05) is 36.4 Å². The van der Waals surface area contributed by atoms with Crippen LogP contribution in [0.3, 0.4) is 0 Å². The van der Waals surface area contributed by atoms with Gasteiger partial charge in [0.1, 0.15) is 5.56 Å². The quantitative estimate of drug-likeness (QED) is 0.551. The van der Waals surface area contributed by atoms with Gasteiger partial charge in [-0.2, -0.15) is 0 Å². The molecule has 2 aromatic carbocycles. The smallest absolute Gasteiger partial charge is 0.341 e. The van der Waals surface area contributed by atoms with Crippen LogP contribution in [0.25, 0.3) is 21.7 Å². The minimum Gasteiger partial charge on any atom is -0.462 e. The number of carbonyl (C=O) groups excluding carboxylic acids is 1. The number of fused-ring (bicyclic) bond motifs is 3. The number of aromatic nitrogens is 1. The van der Waals surface area contributed by atoms with Gasteiger partial charge in [0, 0.05) is 30.1 Å². The highest BCUT2D eigenvalue weighted by Gasteiger charge is 2.17. The Bertz CT molecular complexity index is 906. The maximum absolute atomic E-state index is 12.4. The molecular weight excluding hydrogens is 314 g/mol. The van der Waals surface area contributed by atoms with Gasteiger partial charge in [0.2, 0.25) is 0 Å². The predicted octanol–water partition coefficient (Wildman–Crippen LogP) is 3.54. The second-order valence-electron chi connectivity index (χ2n) is 6.18. The molecule has 3 rings (SSSR count). The van der Waals surface area contributed by atoms with Crippen molar-refractivity contribution in [1.82, 2.24) is 9.88 Å². The number of pyridine rings is 1. The van der Waals surface area contributed by atoms with E-state index in [1.807, 2.05) is 32.3 Å². The topological polar surface area (TPSA) is 54.5 Å². The molecule has 1 N–H and O–H groups in total. The van der Waals surface area contributed by atoms with Crippen molar-refractivity contribution >= 4 is 33.3 Å². The summed E-state index contributed by atoms with van der Waals surface area (Å²) >= 11 is 0. The van der Waals surface area contributed by atoms with E-state index in [1.54, 1.807) is 13.1 Å². The first-order chi connectivity index (χ1) is 12.1. The summed E-state index contributed by atoms with van der Waals surface area (Å²) in [5.74, 6) is -0.350. The molecule has 0 fully saturated rings. The van der Waals surface area contributed by atoms with E-state index in [-0.39, 0.29) is 5.97 Å². The highest BCUT2D eigenvalue weighted by molar-refractivity contribution is 6.13. The number of carbonyl (C=O) groups is 1. The third kappa shape index (κ3) is 3.56. The number of hydrogen-bond acceptors (Lipinski definition) is 5. The maximum atomic E-state index is 12.4. The Balaban J connectivity index is 2.14. The zero-order valence-corrected chi connectivity index (χ0v) is 14.9. The normalized spacial score (nSPS) is 11.2. The SMILES string of the molecule is CCOC(=O)c1cnc2c(ccc3ccccc32)c1NCCN(C)C. The molecule has 1 aromatic heterocycles. The molecule has 0 spiro atoms. The van der Waals surface area contributed by atoms with Gasteiger partial charge >= 0.3 is 5.97 Å². The first-order valence-corrected chi connectivity index (χ1v) is 8.48. The summed E-state index contributed by atoms with van der Waals surface area (Å²) in [4.78, 5) is 19.0. The number of nitrogens with one attached hydrogen (secondary N) is 1. The minimum absolute atomic E-state index is 0.339. The molecule has 0 aliphatic rings. The van der Waals surface area contributed by atoms with Gasteiger partial charge in [0.15, 0.2) is 0 Å². The van der Waals surface area contributed by atoms with Crippen LogP contribution in [-0.2, 0) is 4.74 Å². The Labute approximate surface area is 147 Å². The highest BCUT2D eigenvalue weighted by atomic mass is 16.5. The van der Waals surface area contributed by atoms with Crippen LogP contribution >= 0.6 is 0 Å². The maximum Gasteiger partial charge on any atom is 0.341 e. The summed E-state index contributed by atoms with van der Waals surface area (Å²) in [5, 5.41) is 6.55. The van der Waals surface area contributed by atoms with Gasteiger partial charge in [-0.05, 0) is 26.4 Å². The van der Waals surface area contributed by atoms with E-state index >= 15 is 0 Å². The zero-order chi connectivity index (χ0) is 17.8. The Morgan fingerprint density at radius 1 is 1.16 bits per heavy atom. The average Bonchev–Trinajstić information content (AvgIpc) is 2.61. The van der Waals surface area contributed by atoms with E-state index in [9.17, 15) is 4.79 Å². The fourth-order valence-electron chi connectivity index (χ4n) is 2.89. The van der Waals surface area contributed by atoms with Crippen molar-refractivity contribution < 1.29 is 9.53 Å². The summed E-state index contributed by atoms with van der Waals surface area (Å²) in [6.07, 6.45) is 1.62. The third-order valence-corrected chi connectivity index (χ3v) is 4.12. The van der Waals surface area contributed by atoms with E-state index in [0.29, 0.717) is 12.2 Å². The lowest BCUT2D eigenvalue weighted by molar-refractivity contribution is 0.0527. The molecule has 0 amide bonds. The van der Waals surface area contributed by atoms with E-state index in [2.05, 4.69) is 33.4 Å². The molecule has 0 radical (unpaired) electrons.